The molecule has 0 aliphatic heterocycles. The molecule has 0 amide bonds. The van der Waals surface area contributed by atoms with Gasteiger partial charge in [0.2, 0.25) is 0 Å². The summed E-state index contributed by atoms with van der Waals surface area (Å²) in [6.45, 7) is 4.37. The molecule has 1 rings (SSSR count). The Morgan fingerprint density at radius 1 is 1.18 bits per heavy atom. The fourth-order valence-corrected chi connectivity index (χ4v) is 2.44. The average molecular weight is 156 g/mol. The van der Waals surface area contributed by atoms with Crippen molar-refractivity contribution in [2.75, 3.05) is 0 Å². The molecule has 0 radical (unpaired) electrons. The topological polar surface area (TPSA) is 20.2 Å². The number of hydrogen-bond acceptors (Lipinski definition) is 1. The Labute approximate surface area is 69.8 Å². The fourth-order valence-electron chi connectivity index (χ4n) is 2.44. The van der Waals surface area contributed by atoms with Gasteiger partial charge in [-0.3, -0.25) is 0 Å². The van der Waals surface area contributed by atoms with Gasteiger partial charge < -0.3 is 5.11 Å². The first kappa shape index (κ1) is 9.05. The van der Waals surface area contributed by atoms with Gasteiger partial charge in [-0.1, -0.05) is 39.5 Å². The van der Waals surface area contributed by atoms with Gasteiger partial charge in [-0.05, 0) is 18.8 Å². The van der Waals surface area contributed by atoms with E-state index in [0.29, 0.717) is 5.92 Å². The monoisotopic (exact) mass is 156 g/mol. The molecule has 11 heavy (non-hydrogen) atoms. The van der Waals surface area contributed by atoms with Gasteiger partial charge in [0.15, 0.2) is 0 Å². The molecular weight excluding hydrogens is 136 g/mol. The van der Waals surface area contributed by atoms with Gasteiger partial charge in [-0.25, -0.2) is 0 Å². The van der Waals surface area contributed by atoms with E-state index in [2.05, 4.69) is 13.8 Å². The van der Waals surface area contributed by atoms with Gasteiger partial charge in [0.05, 0.1) is 5.60 Å². The van der Waals surface area contributed by atoms with Crippen molar-refractivity contribution in [1.82, 2.24) is 0 Å². The highest BCUT2D eigenvalue weighted by atomic mass is 16.3. The molecule has 0 aromatic rings. The Kier molecular flexibility index (Phi) is 2.94. The summed E-state index contributed by atoms with van der Waals surface area (Å²) in [5.41, 5.74) is -0.288. The van der Waals surface area contributed by atoms with Crippen molar-refractivity contribution in [1.29, 1.82) is 0 Å². The third-order valence-corrected chi connectivity index (χ3v) is 3.21. The normalized spacial score (nSPS) is 22.9. The molecule has 0 unspecified atom stereocenters. The van der Waals surface area contributed by atoms with Crippen LogP contribution in [0.3, 0.4) is 0 Å². The summed E-state index contributed by atoms with van der Waals surface area (Å²) in [6.07, 6.45) is 6.80. The van der Waals surface area contributed by atoms with E-state index in [4.69, 9.17) is 0 Å². The Morgan fingerprint density at radius 3 is 2.00 bits per heavy atom. The zero-order valence-corrected chi connectivity index (χ0v) is 7.77. The molecule has 1 aliphatic carbocycles. The lowest BCUT2D eigenvalue weighted by atomic mass is 9.82. The zero-order chi connectivity index (χ0) is 8.32. The molecule has 0 aromatic heterocycles. The van der Waals surface area contributed by atoms with Crippen molar-refractivity contribution in [3.05, 3.63) is 0 Å². The van der Waals surface area contributed by atoms with Crippen LogP contribution in [-0.2, 0) is 0 Å². The lowest BCUT2D eigenvalue weighted by molar-refractivity contribution is -0.0155. The van der Waals surface area contributed by atoms with E-state index < -0.39 is 0 Å². The highest BCUT2D eigenvalue weighted by Gasteiger charge is 2.36. The summed E-state index contributed by atoms with van der Waals surface area (Å²) in [5.74, 6) is 0.546. The van der Waals surface area contributed by atoms with E-state index in [9.17, 15) is 5.11 Å². The van der Waals surface area contributed by atoms with Crippen LogP contribution >= 0.6 is 0 Å². The van der Waals surface area contributed by atoms with Gasteiger partial charge in [0.1, 0.15) is 0 Å². The van der Waals surface area contributed by atoms with Crippen LogP contribution in [0.15, 0.2) is 0 Å². The highest BCUT2D eigenvalue weighted by molar-refractivity contribution is 4.89. The summed E-state index contributed by atoms with van der Waals surface area (Å²) in [5, 5.41) is 10.2. The summed E-state index contributed by atoms with van der Waals surface area (Å²) >= 11 is 0. The first-order valence-electron chi connectivity index (χ1n) is 4.95. The second-order valence-corrected chi connectivity index (χ2v) is 3.82. The van der Waals surface area contributed by atoms with Crippen molar-refractivity contribution in [2.45, 2.75) is 58.0 Å². The van der Waals surface area contributed by atoms with Gasteiger partial charge in [-0.2, -0.15) is 0 Å². The van der Waals surface area contributed by atoms with Crippen molar-refractivity contribution in [3.63, 3.8) is 0 Å². The first-order valence-corrected chi connectivity index (χ1v) is 4.95. The predicted molar refractivity (Wildman–Crippen MR) is 47.5 cm³/mol. The molecule has 66 valence electrons. The quantitative estimate of drug-likeness (QED) is 0.666. The van der Waals surface area contributed by atoms with Crippen molar-refractivity contribution in [2.24, 2.45) is 5.92 Å². The van der Waals surface area contributed by atoms with Crippen LogP contribution in [0.1, 0.15) is 52.4 Å². The van der Waals surface area contributed by atoms with Crippen LogP contribution in [0.2, 0.25) is 0 Å². The molecule has 0 aromatic carbocycles. The second kappa shape index (κ2) is 3.57. The highest BCUT2D eigenvalue weighted by Crippen LogP contribution is 2.38. The maximum absolute atomic E-state index is 10.2. The van der Waals surface area contributed by atoms with E-state index in [1.807, 2.05) is 0 Å². The van der Waals surface area contributed by atoms with Crippen LogP contribution in [0, 0.1) is 5.92 Å². The number of rotatable bonds is 3. The zero-order valence-electron chi connectivity index (χ0n) is 7.77. The molecule has 1 saturated carbocycles. The van der Waals surface area contributed by atoms with Crippen molar-refractivity contribution < 1.29 is 5.11 Å². The maximum Gasteiger partial charge on any atom is 0.0675 e. The summed E-state index contributed by atoms with van der Waals surface area (Å²) in [7, 11) is 0. The molecule has 0 spiro atoms. The minimum atomic E-state index is -0.288. The van der Waals surface area contributed by atoms with Crippen LogP contribution < -0.4 is 0 Å². The third kappa shape index (κ3) is 1.76. The lowest BCUT2D eigenvalue weighted by Gasteiger charge is -2.31. The van der Waals surface area contributed by atoms with Gasteiger partial charge in [-0.15, -0.1) is 0 Å². The molecule has 1 heteroatoms. The molecule has 1 N–H and O–H groups in total. The molecule has 0 saturated heterocycles. The van der Waals surface area contributed by atoms with Crippen LogP contribution in [0.5, 0.6) is 0 Å². The number of hydrogen-bond donors (Lipinski definition) is 1. The van der Waals surface area contributed by atoms with Crippen LogP contribution in [-0.4, -0.2) is 10.7 Å². The van der Waals surface area contributed by atoms with Gasteiger partial charge in [0.25, 0.3) is 0 Å². The van der Waals surface area contributed by atoms with E-state index in [-0.39, 0.29) is 5.60 Å². The Morgan fingerprint density at radius 2 is 1.64 bits per heavy atom. The Hall–Kier alpha value is -0.0400. The molecule has 1 nitrogen and oxygen atoms in total. The molecule has 0 heterocycles. The van der Waals surface area contributed by atoms with E-state index in [0.717, 1.165) is 25.7 Å². The lowest BCUT2D eigenvalue weighted by Crippen LogP contribution is -2.33. The fraction of sp³-hybridized carbons (Fsp3) is 1.00. The van der Waals surface area contributed by atoms with Crippen LogP contribution in [0.4, 0.5) is 0 Å². The first-order chi connectivity index (χ1) is 5.23. The van der Waals surface area contributed by atoms with Gasteiger partial charge >= 0.3 is 0 Å². The standard InChI is InChI=1S/C10H20O/c1-3-9(4-2)10(11)7-5-6-8-10/h9,11H,3-8H2,1-2H3. The molecule has 1 aliphatic rings. The Balaban J connectivity index is 2.53. The van der Waals surface area contributed by atoms with E-state index in [1.165, 1.54) is 12.8 Å². The average Bonchev–Trinajstić information content (AvgIpc) is 2.39. The van der Waals surface area contributed by atoms with Crippen LogP contribution in [0.25, 0.3) is 0 Å². The van der Waals surface area contributed by atoms with E-state index in [1.54, 1.807) is 0 Å². The largest absolute Gasteiger partial charge is 0.390 e. The molecular formula is C10H20O. The minimum Gasteiger partial charge on any atom is -0.390 e. The van der Waals surface area contributed by atoms with Gasteiger partial charge in [0, 0.05) is 0 Å². The Bertz CT molecular complexity index is 110. The molecule has 0 atom stereocenters. The number of aliphatic hydroxyl groups is 1. The summed E-state index contributed by atoms with van der Waals surface area (Å²) in [6, 6.07) is 0. The minimum absolute atomic E-state index is 0.288. The molecule has 1 fully saturated rings. The maximum atomic E-state index is 10.2. The third-order valence-electron chi connectivity index (χ3n) is 3.21. The summed E-state index contributed by atoms with van der Waals surface area (Å²) < 4.78 is 0. The van der Waals surface area contributed by atoms with E-state index >= 15 is 0 Å². The molecule has 0 bridgehead atoms. The summed E-state index contributed by atoms with van der Waals surface area (Å²) in [4.78, 5) is 0. The SMILES string of the molecule is CCC(CC)C1(O)CCCC1. The van der Waals surface area contributed by atoms with Crippen molar-refractivity contribution >= 4 is 0 Å². The predicted octanol–water partition coefficient (Wildman–Crippen LogP) is 2.73. The smallest absolute Gasteiger partial charge is 0.0675 e. The second-order valence-electron chi connectivity index (χ2n) is 3.82. The van der Waals surface area contributed by atoms with Crippen molar-refractivity contribution in [3.8, 4) is 0 Å².